The Morgan fingerprint density at radius 1 is 0.983 bits per heavy atom. The summed E-state index contributed by atoms with van der Waals surface area (Å²) >= 11 is 7.92. The van der Waals surface area contributed by atoms with Crippen molar-refractivity contribution in [3.63, 3.8) is 0 Å². The van der Waals surface area contributed by atoms with E-state index in [0.29, 0.717) is 17.3 Å². The first-order valence-electron chi connectivity index (χ1n) is 18.9. The molecule has 0 saturated heterocycles. The van der Waals surface area contributed by atoms with Crippen LogP contribution in [-0.4, -0.2) is 49.3 Å². The van der Waals surface area contributed by atoms with Crippen LogP contribution >= 0.6 is 23.5 Å². The molecule has 4 N–H and O–H groups in total. The van der Waals surface area contributed by atoms with Crippen LogP contribution in [0.3, 0.4) is 0 Å². The van der Waals surface area contributed by atoms with Crippen molar-refractivity contribution in [1.82, 2.24) is 24.6 Å². The lowest BCUT2D eigenvalue weighted by molar-refractivity contribution is -0.121. The van der Waals surface area contributed by atoms with E-state index in [2.05, 4.69) is 20.1 Å². The number of aromatic nitrogens is 4. The lowest BCUT2D eigenvalue weighted by Gasteiger charge is -2.25. The summed E-state index contributed by atoms with van der Waals surface area (Å²) in [5.41, 5.74) is 6.98. The third-order valence-electron chi connectivity index (χ3n) is 9.90. The highest BCUT2D eigenvalue weighted by Crippen LogP contribution is 2.38. The van der Waals surface area contributed by atoms with E-state index < -0.39 is 47.9 Å². The molecule has 1 amide bonds. The molecule has 0 aliphatic heterocycles. The highest BCUT2D eigenvalue weighted by Gasteiger charge is 2.29. The summed E-state index contributed by atoms with van der Waals surface area (Å²) in [5, 5.41) is 10.5. The van der Waals surface area contributed by atoms with E-state index in [-0.39, 0.29) is 79.8 Å². The first-order chi connectivity index (χ1) is 28.4. The number of benzene rings is 4. The summed E-state index contributed by atoms with van der Waals surface area (Å²) in [6, 6.07) is 17.0. The molecule has 2 saturated carbocycles. The van der Waals surface area contributed by atoms with E-state index in [4.69, 9.17) is 22.3 Å². The predicted octanol–water partition coefficient (Wildman–Crippen LogP) is 8.49. The normalized spacial score (nSPS) is 14.9. The smallest absolute Gasteiger partial charge is 0.266 e. The minimum absolute atomic E-state index is 0.0277. The Bertz CT molecular complexity index is 2640. The van der Waals surface area contributed by atoms with Gasteiger partial charge in [-0.1, -0.05) is 35.9 Å². The maximum absolute atomic E-state index is 15.0. The molecule has 0 bridgehead atoms. The molecule has 59 heavy (non-hydrogen) atoms. The van der Waals surface area contributed by atoms with Gasteiger partial charge in [0.15, 0.2) is 0 Å². The summed E-state index contributed by atoms with van der Waals surface area (Å²) < 4.78 is 79.6. The van der Waals surface area contributed by atoms with Crippen LogP contribution in [0.1, 0.15) is 60.4 Å². The van der Waals surface area contributed by atoms with Crippen LogP contribution in [0.4, 0.5) is 27.6 Å². The number of hydrogen-bond acceptors (Lipinski definition) is 7. The van der Waals surface area contributed by atoms with Gasteiger partial charge < -0.3 is 16.4 Å². The molecule has 2 aromatic heterocycles. The quantitative estimate of drug-likeness (QED) is 0.0409. The van der Waals surface area contributed by atoms with Crippen molar-refractivity contribution in [2.75, 3.05) is 11.9 Å². The number of hydrogen-bond donors (Lipinski definition) is 3. The predicted molar refractivity (Wildman–Crippen MR) is 219 cm³/mol. The van der Waals surface area contributed by atoms with Gasteiger partial charge in [-0.3, -0.25) is 18.8 Å². The number of amides is 1. The second-order valence-corrected chi connectivity index (χ2v) is 16.0. The number of nitrogens with one attached hydrogen (secondary N) is 2. The Kier molecular flexibility index (Phi) is 11.4. The summed E-state index contributed by atoms with van der Waals surface area (Å²) in [6.45, 7) is -0.878. The van der Waals surface area contributed by atoms with Gasteiger partial charge in [-0.2, -0.15) is 9.50 Å². The Hall–Kier alpha value is -5.74. The number of alkyl halides is 2. The second-order valence-electron chi connectivity index (χ2n) is 14.5. The van der Waals surface area contributed by atoms with Crippen LogP contribution in [0, 0.1) is 17.5 Å². The maximum atomic E-state index is 15.0. The molecule has 304 valence electrons. The van der Waals surface area contributed by atoms with Crippen molar-refractivity contribution in [1.29, 1.82) is 0 Å². The third-order valence-corrected chi connectivity index (χ3v) is 11.3. The van der Waals surface area contributed by atoms with E-state index in [1.807, 2.05) is 0 Å². The Labute approximate surface area is 343 Å². The van der Waals surface area contributed by atoms with Crippen LogP contribution in [0.15, 0.2) is 94.3 Å². The molecule has 1 atom stereocenters. The van der Waals surface area contributed by atoms with E-state index in [0.717, 1.165) is 42.4 Å². The van der Waals surface area contributed by atoms with E-state index in [1.165, 1.54) is 48.3 Å². The van der Waals surface area contributed by atoms with Gasteiger partial charge in [0.25, 0.3) is 12.0 Å². The summed E-state index contributed by atoms with van der Waals surface area (Å²) in [4.78, 5) is 33.8. The first-order valence-corrected chi connectivity index (χ1v) is 20.1. The van der Waals surface area contributed by atoms with Gasteiger partial charge in [-0.25, -0.2) is 26.9 Å². The molecular formula is C42H36ClF5N8O2S. The molecule has 0 radical (unpaired) electrons. The van der Waals surface area contributed by atoms with Gasteiger partial charge >= 0.3 is 0 Å². The number of amidine groups is 1. The Balaban J connectivity index is 1.34. The average molecular weight is 847 g/mol. The van der Waals surface area contributed by atoms with Crippen LogP contribution in [0.5, 0.6) is 0 Å². The van der Waals surface area contributed by atoms with Crippen molar-refractivity contribution in [2.45, 2.75) is 62.3 Å². The van der Waals surface area contributed by atoms with E-state index in [1.54, 1.807) is 35.1 Å². The number of carbonyl (C=O) groups excluding carboxylic acids is 1. The van der Waals surface area contributed by atoms with Crippen molar-refractivity contribution in [2.24, 2.45) is 10.1 Å². The number of nitrogens with two attached hydrogens (primary N) is 1. The zero-order valence-electron chi connectivity index (χ0n) is 31.1. The summed E-state index contributed by atoms with van der Waals surface area (Å²) in [5.74, 6) is -3.08. The zero-order valence-corrected chi connectivity index (χ0v) is 32.7. The fourth-order valence-corrected chi connectivity index (χ4v) is 7.79. The standard InChI is InChI=1S/C42H36ClF5N8O2S/c43-31-11-12-35(39(50-21-36(47)48)38(31)40(49)54-59-28-8-9-28)56-41(52-33-18-23(5-10-30(33)42(56)58)29-3-1-2-4-32(29)46)34(17-22-15-24(44)19-25(45)16-22)51-37(57)20-26-13-14-55(53-26)27-6-7-27/h1-5,10-16,18-19,27-28,34,36,50H,6-9,17,20-21H2,(H2,49,54)(H,51,57). The lowest BCUT2D eigenvalue weighted by atomic mass is 10.0. The SMILES string of the molecule is NC(=NSC1CC1)c1c(Cl)ccc(-n2c(C(Cc3cc(F)cc(F)c3)NC(=O)Cc3ccn(C4CC4)n3)nc3cc(-c4ccccc4F)ccc3c2=O)c1NCC(F)F. The maximum Gasteiger partial charge on any atom is 0.266 e. The van der Waals surface area contributed by atoms with Gasteiger partial charge in [0, 0.05) is 29.5 Å². The molecule has 8 rings (SSSR count). The van der Waals surface area contributed by atoms with Gasteiger partial charge in [-0.15, -0.1) is 0 Å². The molecule has 2 fully saturated rings. The fourth-order valence-electron chi connectivity index (χ4n) is 6.84. The molecule has 4 aromatic carbocycles. The molecular weight excluding hydrogens is 811 g/mol. The van der Waals surface area contributed by atoms with Crippen LogP contribution in [-0.2, 0) is 17.6 Å². The summed E-state index contributed by atoms with van der Waals surface area (Å²) in [6.07, 6.45) is 2.25. The van der Waals surface area contributed by atoms with Crippen LogP contribution in [0.25, 0.3) is 27.7 Å². The monoisotopic (exact) mass is 846 g/mol. The number of fused-ring (bicyclic) bond motifs is 1. The highest BCUT2D eigenvalue weighted by atomic mass is 35.5. The second kappa shape index (κ2) is 16.9. The van der Waals surface area contributed by atoms with Crippen LogP contribution in [0.2, 0.25) is 5.02 Å². The van der Waals surface area contributed by atoms with Gasteiger partial charge in [0.1, 0.15) is 29.1 Å². The van der Waals surface area contributed by atoms with Crippen molar-refractivity contribution in [3.8, 4) is 16.8 Å². The fraction of sp³-hybridized carbons (Fsp3) is 0.262. The number of carbonyl (C=O) groups is 1. The minimum Gasteiger partial charge on any atom is -0.383 e. The number of halogens is 6. The minimum atomic E-state index is -2.85. The molecule has 2 heterocycles. The Morgan fingerprint density at radius 3 is 2.46 bits per heavy atom. The molecule has 10 nitrogen and oxygen atoms in total. The molecule has 1 unspecified atom stereocenters. The summed E-state index contributed by atoms with van der Waals surface area (Å²) in [7, 11) is 0. The van der Waals surface area contributed by atoms with E-state index >= 15 is 4.39 Å². The lowest BCUT2D eigenvalue weighted by Crippen LogP contribution is -2.37. The van der Waals surface area contributed by atoms with Gasteiger partial charge in [-0.05, 0) is 97.3 Å². The van der Waals surface area contributed by atoms with Crippen LogP contribution < -0.4 is 21.9 Å². The van der Waals surface area contributed by atoms with Crippen molar-refractivity contribution < 1.29 is 26.7 Å². The van der Waals surface area contributed by atoms with Gasteiger partial charge in [0.2, 0.25) is 5.91 Å². The number of anilines is 1. The third kappa shape index (κ3) is 9.13. The molecule has 17 heteroatoms. The highest BCUT2D eigenvalue weighted by molar-refractivity contribution is 7.99. The van der Waals surface area contributed by atoms with Gasteiger partial charge in [0.05, 0.1) is 63.6 Å². The number of nitrogens with zero attached hydrogens (tertiary/aromatic N) is 5. The first kappa shape index (κ1) is 40.1. The largest absolute Gasteiger partial charge is 0.383 e. The molecule has 6 aromatic rings. The zero-order chi connectivity index (χ0) is 41.4. The average Bonchev–Trinajstić information content (AvgIpc) is 4.14. The molecule has 2 aliphatic carbocycles. The molecule has 2 aliphatic rings. The Morgan fingerprint density at radius 2 is 1.75 bits per heavy atom. The van der Waals surface area contributed by atoms with Crippen molar-refractivity contribution >= 4 is 51.9 Å². The van der Waals surface area contributed by atoms with Crippen molar-refractivity contribution in [3.05, 3.63) is 141 Å². The number of rotatable bonds is 15. The van der Waals surface area contributed by atoms with E-state index in [9.17, 15) is 27.2 Å². The topological polar surface area (TPSA) is 132 Å². The molecule has 0 spiro atoms.